The zero-order chi connectivity index (χ0) is 22.2. The first-order chi connectivity index (χ1) is 15.5. The summed E-state index contributed by atoms with van der Waals surface area (Å²) in [5.74, 6) is 0. The Kier molecular flexibility index (Phi) is 5.31. The zero-order valence-corrected chi connectivity index (χ0v) is 18.8. The first kappa shape index (κ1) is 20.5. The summed E-state index contributed by atoms with van der Waals surface area (Å²) in [6.07, 6.45) is 5.88. The van der Waals surface area contributed by atoms with Gasteiger partial charge in [0.1, 0.15) is 5.65 Å². The SMILES string of the molecule is Cc1ccc(Cn2ccc(-c3cn(C)c4ncc(N5CCOCC5)cc34)cc2=O)cc1C. The number of anilines is 1. The van der Waals surface area contributed by atoms with Crippen molar-refractivity contribution in [1.82, 2.24) is 14.1 Å². The molecule has 0 bridgehead atoms. The van der Waals surface area contributed by atoms with Crippen molar-refractivity contribution < 1.29 is 4.74 Å². The molecule has 1 aromatic carbocycles. The van der Waals surface area contributed by atoms with Crippen molar-refractivity contribution in [3.05, 3.63) is 82.0 Å². The lowest BCUT2D eigenvalue weighted by Gasteiger charge is -2.28. The van der Waals surface area contributed by atoms with Crippen LogP contribution in [0.1, 0.15) is 16.7 Å². The number of rotatable bonds is 4. The number of pyridine rings is 2. The molecule has 0 aliphatic carbocycles. The van der Waals surface area contributed by atoms with Gasteiger partial charge in [0.25, 0.3) is 5.56 Å². The third-order valence-electron chi connectivity index (χ3n) is 6.41. The highest BCUT2D eigenvalue weighted by Gasteiger charge is 2.16. The average molecular weight is 429 g/mol. The normalized spacial score (nSPS) is 14.3. The van der Waals surface area contributed by atoms with E-state index in [1.165, 1.54) is 11.1 Å². The van der Waals surface area contributed by atoms with Crippen molar-refractivity contribution in [2.45, 2.75) is 20.4 Å². The Hall–Kier alpha value is -3.38. The van der Waals surface area contributed by atoms with Crippen LogP contribution in [0.25, 0.3) is 22.2 Å². The molecule has 0 N–H and O–H groups in total. The third-order valence-corrected chi connectivity index (χ3v) is 6.41. The number of hydrogen-bond acceptors (Lipinski definition) is 4. The highest BCUT2D eigenvalue weighted by molar-refractivity contribution is 5.95. The van der Waals surface area contributed by atoms with Gasteiger partial charge in [-0.2, -0.15) is 0 Å². The molecule has 32 heavy (non-hydrogen) atoms. The largest absolute Gasteiger partial charge is 0.378 e. The summed E-state index contributed by atoms with van der Waals surface area (Å²) < 4.78 is 9.26. The summed E-state index contributed by atoms with van der Waals surface area (Å²) in [7, 11) is 1.99. The van der Waals surface area contributed by atoms with Gasteiger partial charge in [-0.1, -0.05) is 18.2 Å². The second-order valence-electron chi connectivity index (χ2n) is 8.62. The molecule has 4 aromatic rings. The standard InChI is InChI=1S/C26H28N4O2/c1-18-4-5-20(12-19(18)2)16-30-7-6-21(13-25(30)31)24-17-28(3)26-23(24)14-22(15-27-26)29-8-10-32-11-9-29/h4-7,12-15,17H,8-11,16H2,1-3H3. The van der Waals surface area contributed by atoms with Gasteiger partial charge >= 0.3 is 0 Å². The van der Waals surface area contributed by atoms with Gasteiger partial charge in [-0.25, -0.2) is 4.98 Å². The molecule has 1 saturated heterocycles. The molecule has 164 valence electrons. The molecule has 5 rings (SSSR count). The summed E-state index contributed by atoms with van der Waals surface area (Å²) in [6.45, 7) is 7.97. The molecule has 0 atom stereocenters. The van der Waals surface area contributed by atoms with E-state index in [9.17, 15) is 4.79 Å². The van der Waals surface area contributed by atoms with Crippen LogP contribution in [-0.4, -0.2) is 40.4 Å². The van der Waals surface area contributed by atoms with E-state index in [1.807, 2.05) is 30.1 Å². The first-order valence-corrected chi connectivity index (χ1v) is 11.0. The number of hydrogen-bond donors (Lipinski definition) is 0. The van der Waals surface area contributed by atoms with Gasteiger partial charge in [-0.05, 0) is 48.2 Å². The molecule has 1 fully saturated rings. The van der Waals surface area contributed by atoms with Gasteiger partial charge in [-0.3, -0.25) is 4.79 Å². The minimum Gasteiger partial charge on any atom is -0.378 e. The van der Waals surface area contributed by atoms with Crippen molar-refractivity contribution in [2.75, 3.05) is 31.2 Å². The lowest BCUT2D eigenvalue weighted by atomic mass is 10.1. The van der Waals surface area contributed by atoms with Crippen LogP contribution in [0, 0.1) is 13.8 Å². The van der Waals surface area contributed by atoms with Gasteiger partial charge in [0, 0.05) is 49.5 Å². The second kappa shape index (κ2) is 8.28. The quantitative estimate of drug-likeness (QED) is 0.495. The number of benzene rings is 1. The minimum atomic E-state index is -0.00461. The van der Waals surface area contributed by atoms with Gasteiger partial charge < -0.3 is 18.8 Å². The molecule has 6 nitrogen and oxygen atoms in total. The lowest BCUT2D eigenvalue weighted by molar-refractivity contribution is 0.122. The number of morpholine rings is 1. The number of fused-ring (bicyclic) bond motifs is 1. The fraction of sp³-hybridized carbons (Fsp3) is 0.308. The van der Waals surface area contributed by atoms with Gasteiger partial charge in [0.05, 0.1) is 31.6 Å². The van der Waals surface area contributed by atoms with Crippen molar-refractivity contribution in [1.29, 1.82) is 0 Å². The lowest BCUT2D eigenvalue weighted by Crippen LogP contribution is -2.36. The van der Waals surface area contributed by atoms with E-state index >= 15 is 0 Å². The molecule has 6 heteroatoms. The van der Waals surface area contributed by atoms with Crippen molar-refractivity contribution >= 4 is 16.7 Å². The molecule has 1 aliphatic rings. The second-order valence-corrected chi connectivity index (χ2v) is 8.62. The number of aryl methyl sites for hydroxylation is 3. The van der Waals surface area contributed by atoms with E-state index in [-0.39, 0.29) is 5.56 Å². The van der Waals surface area contributed by atoms with Crippen LogP contribution in [0.3, 0.4) is 0 Å². The van der Waals surface area contributed by atoms with Crippen LogP contribution >= 0.6 is 0 Å². The first-order valence-electron chi connectivity index (χ1n) is 11.0. The smallest absolute Gasteiger partial charge is 0.251 e. The predicted octanol–water partition coefficient (Wildman–Crippen LogP) is 3.90. The third kappa shape index (κ3) is 3.82. The van der Waals surface area contributed by atoms with Gasteiger partial charge in [0.15, 0.2) is 0 Å². The van der Waals surface area contributed by atoms with Crippen LogP contribution in [-0.2, 0) is 18.3 Å². The van der Waals surface area contributed by atoms with Crippen molar-refractivity contribution in [3.8, 4) is 11.1 Å². The Balaban J connectivity index is 1.49. The Morgan fingerprint density at radius 2 is 1.84 bits per heavy atom. The number of aromatic nitrogens is 3. The predicted molar refractivity (Wildman–Crippen MR) is 128 cm³/mol. The minimum absolute atomic E-state index is 0.00461. The number of nitrogens with zero attached hydrogens (tertiary/aromatic N) is 4. The summed E-state index contributed by atoms with van der Waals surface area (Å²) >= 11 is 0. The monoisotopic (exact) mass is 428 g/mol. The topological polar surface area (TPSA) is 52.3 Å². The summed E-state index contributed by atoms with van der Waals surface area (Å²) in [5.41, 5.74) is 7.58. The Labute approximate surface area is 187 Å². The van der Waals surface area contributed by atoms with E-state index in [4.69, 9.17) is 9.72 Å². The van der Waals surface area contributed by atoms with E-state index in [0.29, 0.717) is 6.54 Å². The fourth-order valence-corrected chi connectivity index (χ4v) is 4.38. The van der Waals surface area contributed by atoms with Gasteiger partial charge in [-0.15, -0.1) is 0 Å². The molecule has 1 aliphatic heterocycles. The van der Waals surface area contributed by atoms with E-state index in [0.717, 1.165) is 59.7 Å². The Morgan fingerprint density at radius 1 is 1.03 bits per heavy atom. The van der Waals surface area contributed by atoms with Crippen molar-refractivity contribution in [2.24, 2.45) is 7.05 Å². The zero-order valence-electron chi connectivity index (χ0n) is 18.8. The molecule has 3 aromatic heterocycles. The number of ether oxygens (including phenoxy) is 1. The molecule has 0 unspecified atom stereocenters. The Bertz CT molecular complexity index is 1350. The fourth-order valence-electron chi connectivity index (χ4n) is 4.38. The molecular formula is C26H28N4O2. The van der Waals surface area contributed by atoms with Crippen LogP contribution in [0.2, 0.25) is 0 Å². The van der Waals surface area contributed by atoms with Crippen LogP contribution in [0.5, 0.6) is 0 Å². The summed E-state index contributed by atoms with van der Waals surface area (Å²) in [6, 6.07) is 12.3. The molecule has 0 amide bonds. The summed E-state index contributed by atoms with van der Waals surface area (Å²) in [5, 5.41) is 1.06. The molecule has 0 saturated carbocycles. The van der Waals surface area contributed by atoms with Gasteiger partial charge in [0.2, 0.25) is 0 Å². The molecule has 0 spiro atoms. The van der Waals surface area contributed by atoms with Crippen LogP contribution in [0.15, 0.2) is 59.8 Å². The molecular weight excluding hydrogens is 400 g/mol. The highest BCUT2D eigenvalue weighted by Crippen LogP contribution is 2.31. The van der Waals surface area contributed by atoms with E-state index in [1.54, 1.807) is 10.6 Å². The van der Waals surface area contributed by atoms with Crippen LogP contribution < -0.4 is 10.5 Å². The van der Waals surface area contributed by atoms with Crippen molar-refractivity contribution in [3.63, 3.8) is 0 Å². The maximum Gasteiger partial charge on any atom is 0.251 e. The Morgan fingerprint density at radius 3 is 2.59 bits per heavy atom. The molecule has 0 radical (unpaired) electrons. The maximum absolute atomic E-state index is 12.9. The maximum atomic E-state index is 12.9. The highest BCUT2D eigenvalue weighted by atomic mass is 16.5. The molecule has 4 heterocycles. The van der Waals surface area contributed by atoms with E-state index < -0.39 is 0 Å². The average Bonchev–Trinajstić information content (AvgIpc) is 3.14. The van der Waals surface area contributed by atoms with Crippen LogP contribution in [0.4, 0.5) is 5.69 Å². The summed E-state index contributed by atoms with van der Waals surface area (Å²) in [4.78, 5) is 20.0. The van der Waals surface area contributed by atoms with E-state index in [2.05, 4.69) is 49.2 Å².